The van der Waals surface area contributed by atoms with Gasteiger partial charge in [0.05, 0.1) is 5.38 Å². The number of rotatable bonds is 5. The van der Waals surface area contributed by atoms with E-state index in [0.717, 1.165) is 13.1 Å². The lowest BCUT2D eigenvalue weighted by molar-refractivity contribution is 0.784. The van der Waals surface area contributed by atoms with Crippen molar-refractivity contribution in [2.45, 2.75) is 33.1 Å². The van der Waals surface area contributed by atoms with E-state index in [9.17, 15) is 0 Å². The Labute approximate surface area is 133 Å². The molecule has 0 spiro atoms. The fraction of sp³-hybridized carbons (Fsp3) is 0.368. The number of benzene rings is 2. The average Bonchev–Trinajstić information content (AvgIpc) is 2.44. The topological polar surface area (TPSA) is 3.24 Å². The van der Waals surface area contributed by atoms with Crippen molar-refractivity contribution < 1.29 is 0 Å². The predicted molar refractivity (Wildman–Crippen MR) is 93.6 cm³/mol. The summed E-state index contributed by atoms with van der Waals surface area (Å²) in [5.74, 6) is 0. The van der Waals surface area contributed by atoms with E-state index in [0.29, 0.717) is 0 Å². The highest BCUT2D eigenvalue weighted by atomic mass is 35.5. The van der Waals surface area contributed by atoms with E-state index in [2.05, 4.69) is 69.0 Å². The summed E-state index contributed by atoms with van der Waals surface area (Å²) >= 11 is 6.75. The SMILES string of the molecule is CCN(CC(Cl)c1c(C)cc(C)cc1C)c1ccccc1. The van der Waals surface area contributed by atoms with Crippen LogP contribution in [0.4, 0.5) is 5.69 Å². The number of alkyl halides is 1. The molecule has 1 atom stereocenters. The summed E-state index contributed by atoms with van der Waals surface area (Å²) in [5.41, 5.74) is 6.38. The minimum Gasteiger partial charge on any atom is -0.370 e. The van der Waals surface area contributed by atoms with Gasteiger partial charge in [0, 0.05) is 18.8 Å². The molecule has 0 aliphatic heterocycles. The standard InChI is InChI=1S/C19H24ClN/c1-5-21(17-9-7-6-8-10-17)13-18(20)19-15(3)11-14(2)12-16(19)4/h6-12,18H,5,13H2,1-4H3. The maximum atomic E-state index is 6.75. The summed E-state index contributed by atoms with van der Waals surface area (Å²) < 4.78 is 0. The van der Waals surface area contributed by atoms with Gasteiger partial charge in [-0.15, -0.1) is 11.6 Å². The normalized spacial score (nSPS) is 12.2. The Kier molecular flexibility index (Phi) is 5.30. The minimum absolute atomic E-state index is 0.00533. The average molecular weight is 302 g/mol. The fourth-order valence-corrected chi connectivity index (χ4v) is 3.54. The molecular weight excluding hydrogens is 278 g/mol. The van der Waals surface area contributed by atoms with Crippen molar-refractivity contribution in [3.8, 4) is 0 Å². The molecule has 0 N–H and O–H groups in total. The van der Waals surface area contributed by atoms with Gasteiger partial charge in [-0.05, 0) is 56.5 Å². The Balaban J connectivity index is 2.23. The largest absolute Gasteiger partial charge is 0.370 e. The summed E-state index contributed by atoms with van der Waals surface area (Å²) in [4.78, 5) is 2.33. The molecule has 2 heteroatoms. The first kappa shape index (κ1) is 15.9. The first-order valence-corrected chi connectivity index (χ1v) is 7.98. The van der Waals surface area contributed by atoms with Crippen LogP contribution in [0.1, 0.15) is 34.6 Å². The van der Waals surface area contributed by atoms with Crippen LogP contribution in [0.25, 0.3) is 0 Å². The van der Waals surface area contributed by atoms with Crippen LogP contribution in [0.2, 0.25) is 0 Å². The van der Waals surface area contributed by atoms with Gasteiger partial charge < -0.3 is 4.90 Å². The molecule has 0 heterocycles. The predicted octanol–water partition coefficient (Wildman–Crippen LogP) is 5.42. The highest BCUT2D eigenvalue weighted by molar-refractivity contribution is 6.21. The Morgan fingerprint density at radius 1 is 1.00 bits per heavy atom. The molecule has 0 aliphatic rings. The summed E-state index contributed by atoms with van der Waals surface area (Å²) in [5, 5.41) is 0.00533. The number of hydrogen-bond donors (Lipinski definition) is 0. The third-order valence-electron chi connectivity index (χ3n) is 3.94. The molecule has 112 valence electrons. The molecular formula is C19H24ClN. The van der Waals surface area contributed by atoms with Crippen molar-refractivity contribution in [2.75, 3.05) is 18.0 Å². The summed E-state index contributed by atoms with van der Waals surface area (Å²) in [6.07, 6.45) is 0. The number of likely N-dealkylation sites (N-methyl/N-ethyl adjacent to an activating group) is 1. The van der Waals surface area contributed by atoms with Gasteiger partial charge >= 0.3 is 0 Å². The second-order valence-corrected chi connectivity index (χ2v) is 6.18. The Morgan fingerprint density at radius 2 is 1.57 bits per heavy atom. The maximum absolute atomic E-state index is 6.75. The first-order valence-electron chi connectivity index (χ1n) is 7.54. The summed E-state index contributed by atoms with van der Waals surface area (Å²) in [7, 11) is 0. The number of nitrogens with zero attached hydrogens (tertiary/aromatic N) is 1. The molecule has 2 aromatic rings. The van der Waals surface area contributed by atoms with E-state index in [1.165, 1.54) is 27.9 Å². The van der Waals surface area contributed by atoms with Gasteiger partial charge in [0.1, 0.15) is 0 Å². The molecule has 1 nitrogen and oxygen atoms in total. The Hall–Kier alpha value is -1.47. The Morgan fingerprint density at radius 3 is 2.10 bits per heavy atom. The summed E-state index contributed by atoms with van der Waals surface area (Å²) in [6, 6.07) is 14.9. The van der Waals surface area contributed by atoms with Crippen molar-refractivity contribution in [3.63, 3.8) is 0 Å². The van der Waals surface area contributed by atoms with E-state index >= 15 is 0 Å². The lowest BCUT2D eigenvalue weighted by Crippen LogP contribution is -2.27. The van der Waals surface area contributed by atoms with Crippen LogP contribution in [0.5, 0.6) is 0 Å². The van der Waals surface area contributed by atoms with Crippen molar-refractivity contribution in [3.05, 3.63) is 64.7 Å². The van der Waals surface area contributed by atoms with Crippen LogP contribution in [-0.4, -0.2) is 13.1 Å². The van der Waals surface area contributed by atoms with Gasteiger partial charge in [-0.1, -0.05) is 35.9 Å². The zero-order valence-corrected chi connectivity index (χ0v) is 14.1. The molecule has 0 amide bonds. The Bertz CT molecular complexity index is 569. The van der Waals surface area contributed by atoms with Gasteiger partial charge in [0.2, 0.25) is 0 Å². The molecule has 0 aromatic heterocycles. The number of anilines is 1. The van der Waals surface area contributed by atoms with Crippen LogP contribution in [0.3, 0.4) is 0 Å². The summed E-state index contributed by atoms with van der Waals surface area (Å²) in [6.45, 7) is 10.4. The molecule has 0 saturated carbocycles. The first-order chi connectivity index (χ1) is 10.0. The minimum atomic E-state index is 0.00533. The second-order valence-electron chi connectivity index (χ2n) is 5.65. The number of halogens is 1. The molecule has 21 heavy (non-hydrogen) atoms. The van der Waals surface area contributed by atoms with Gasteiger partial charge in [0.15, 0.2) is 0 Å². The van der Waals surface area contributed by atoms with Gasteiger partial charge in [-0.25, -0.2) is 0 Å². The third kappa shape index (κ3) is 3.79. The van der Waals surface area contributed by atoms with E-state index in [1.54, 1.807) is 0 Å². The molecule has 0 fully saturated rings. The molecule has 0 saturated heterocycles. The highest BCUT2D eigenvalue weighted by Crippen LogP contribution is 2.30. The molecule has 2 rings (SSSR count). The molecule has 1 unspecified atom stereocenters. The molecule has 2 aromatic carbocycles. The van der Waals surface area contributed by atoms with Crippen LogP contribution >= 0.6 is 11.6 Å². The number of para-hydroxylation sites is 1. The fourth-order valence-electron chi connectivity index (χ4n) is 3.03. The van der Waals surface area contributed by atoms with Crippen LogP contribution < -0.4 is 4.90 Å². The van der Waals surface area contributed by atoms with Crippen molar-refractivity contribution in [2.24, 2.45) is 0 Å². The lowest BCUT2D eigenvalue weighted by atomic mass is 9.97. The zero-order valence-electron chi connectivity index (χ0n) is 13.4. The van der Waals surface area contributed by atoms with Gasteiger partial charge in [-0.3, -0.25) is 0 Å². The van der Waals surface area contributed by atoms with Crippen LogP contribution in [-0.2, 0) is 0 Å². The highest BCUT2D eigenvalue weighted by Gasteiger charge is 2.17. The monoisotopic (exact) mass is 301 g/mol. The van der Waals surface area contributed by atoms with E-state index in [-0.39, 0.29) is 5.38 Å². The third-order valence-corrected chi connectivity index (χ3v) is 4.29. The van der Waals surface area contributed by atoms with Gasteiger partial charge in [0.25, 0.3) is 0 Å². The van der Waals surface area contributed by atoms with E-state index in [4.69, 9.17) is 11.6 Å². The van der Waals surface area contributed by atoms with E-state index in [1.807, 2.05) is 6.07 Å². The quantitative estimate of drug-likeness (QED) is 0.667. The zero-order chi connectivity index (χ0) is 15.4. The molecule has 0 bridgehead atoms. The van der Waals surface area contributed by atoms with Crippen LogP contribution in [0, 0.1) is 20.8 Å². The smallest absolute Gasteiger partial charge is 0.0765 e. The van der Waals surface area contributed by atoms with Crippen molar-refractivity contribution in [1.29, 1.82) is 0 Å². The lowest BCUT2D eigenvalue weighted by Gasteiger charge is -2.27. The molecule has 0 aliphatic carbocycles. The number of hydrogen-bond acceptors (Lipinski definition) is 1. The van der Waals surface area contributed by atoms with Crippen LogP contribution in [0.15, 0.2) is 42.5 Å². The van der Waals surface area contributed by atoms with Gasteiger partial charge in [-0.2, -0.15) is 0 Å². The molecule has 0 radical (unpaired) electrons. The second kappa shape index (κ2) is 7.00. The van der Waals surface area contributed by atoms with Crippen molar-refractivity contribution in [1.82, 2.24) is 0 Å². The number of aryl methyl sites for hydroxylation is 3. The maximum Gasteiger partial charge on any atom is 0.0765 e. The van der Waals surface area contributed by atoms with Crippen molar-refractivity contribution >= 4 is 17.3 Å². The van der Waals surface area contributed by atoms with E-state index < -0.39 is 0 Å².